The number of hydrogen-bond donors (Lipinski definition) is 1. The molecule has 9 heteroatoms. The van der Waals surface area contributed by atoms with Crippen molar-refractivity contribution in [1.29, 1.82) is 0 Å². The zero-order valence-corrected chi connectivity index (χ0v) is 24.3. The fraction of sp³-hybridized carbons (Fsp3) is 0.171. The van der Waals surface area contributed by atoms with E-state index in [1.807, 2.05) is 55.0 Å². The van der Waals surface area contributed by atoms with E-state index >= 15 is 0 Å². The molecule has 0 radical (unpaired) electrons. The van der Waals surface area contributed by atoms with E-state index in [2.05, 4.69) is 84.9 Å². The number of hydrogen-bond acceptors (Lipinski definition) is 6. The van der Waals surface area contributed by atoms with Crippen LogP contribution in [0.2, 0.25) is 0 Å². The Kier molecular flexibility index (Phi) is 7.42. The van der Waals surface area contributed by atoms with Gasteiger partial charge in [0.05, 0.1) is 13.4 Å². The van der Waals surface area contributed by atoms with Crippen molar-refractivity contribution in [1.82, 2.24) is 35.1 Å². The number of ether oxygens (including phenoxy) is 1. The van der Waals surface area contributed by atoms with Crippen molar-refractivity contribution in [2.75, 3.05) is 13.2 Å². The molecule has 9 nitrogen and oxygen atoms in total. The molecule has 7 rings (SSSR count). The first-order valence-electron chi connectivity index (χ1n) is 14.6. The summed E-state index contributed by atoms with van der Waals surface area (Å²) >= 11 is 0. The summed E-state index contributed by atoms with van der Waals surface area (Å²) in [5, 5.41) is 15.5. The third kappa shape index (κ3) is 5.47. The normalized spacial score (nSPS) is 12.1. The number of fused-ring (bicyclic) bond motifs is 3. The van der Waals surface area contributed by atoms with Gasteiger partial charge in [0.2, 0.25) is 5.82 Å². The van der Waals surface area contributed by atoms with Crippen LogP contribution in [0.1, 0.15) is 28.3 Å². The van der Waals surface area contributed by atoms with Crippen molar-refractivity contribution in [3.63, 3.8) is 0 Å². The van der Waals surface area contributed by atoms with Crippen LogP contribution in [0.5, 0.6) is 0 Å². The third-order valence-electron chi connectivity index (χ3n) is 8.09. The molecule has 0 atom stereocenters. The number of rotatable bonds is 9. The van der Waals surface area contributed by atoms with Gasteiger partial charge in [0, 0.05) is 42.9 Å². The number of tetrazole rings is 1. The summed E-state index contributed by atoms with van der Waals surface area (Å²) in [5.74, 6) is 0.639. The predicted octanol–water partition coefficient (Wildman–Crippen LogP) is 5.87. The predicted molar refractivity (Wildman–Crippen MR) is 168 cm³/mol. The van der Waals surface area contributed by atoms with E-state index in [0.717, 1.165) is 27.9 Å². The topological polar surface area (TPSA) is 99.8 Å². The Labute approximate surface area is 255 Å². The second kappa shape index (κ2) is 12.0. The highest BCUT2D eigenvalue weighted by atomic mass is 16.5. The van der Waals surface area contributed by atoms with Crippen LogP contribution in [-0.2, 0) is 24.8 Å². The maximum absolute atomic E-state index is 12.6. The SMILES string of the molecule is Cn1nnc(-c2ccccc2-c2ccc(Cn3cncc3CCNC(=O)OCC3c4ccccc4-c4ccccc43)cc2)n1. The molecule has 0 saturated carbocycles. The molecule has 4 aromatic carbocycles. The zero-order valence-electron chi connectivity index (χ0n) is 24.3. The molecule has 2 aromatic heterocycles. The van der Waals surface area contributed by atoms with Crippen molar-refractivity contribution in [2.24, 2.45) is 7.05 Å². The second-order valence-electron chi connectivity index (χ2n) is 10.9. The van der Waals surface area contributed by atoms with Gasteiger partial charge in [-0.3, -0.25) is 0 Å². The van der Waals surface area contributed by atoms with Crippen LogP contribution in [0.25, 0.3) is 33.6 Å². The fourth-order valence-corrected chi connectivity index (χ4v) is 5.95. The molecule has 1 amide bonds. The molecule has 0 fully saturated rings. The molecular formula is C35H31N7O2. The van der Waals surface area contributed by atoms with E-state index in [1.54, 1.807) is 7.05 Å². The molecule has 0 spiro atoms. The number of imidazole rings is 1. The van der Waals surface area contributed by atoms with Gasteiger partial charge < -0.3 is 14.6 Å². The monoisotopic (exact) mass is 581 g/mol. The standard InChI is InChI=1S/C35H31N7O2/c1-41-39-34(38-40-41)32-13-7-2-8-27(32)25-16-14-24(15-17-25)21-42-23-36-20-26(42)18-19-37-35(43)44-22-33-30-11-5-3-9-28(30)29-10-4-6-12-31(29)33/h2-17,20,23,33H,18-19,21-22H2,1H3,(H,37,43). The van der Waals surface area contributed by atoms with Gasteiger partial charge in [-0.15, -0.1) is 10.2 Å². The Bertz CT molecular complexity index is 1880. The zero-order chi connectivity index (χ0) is 29.9. The Morgan fingerprint density at radius 2 is 1.50 bits per heavy atom. The molecule has 0 saturated heterocycles. The lowest BCUT2D eigenvalue weighted by Gasteiger charge is -2.15. The molecule has 1 aliphatic carbocycles. The summed E-state index contributed by atoms with van der Waals surface area (Å²) in [6.45, 7) is 1.43. The maximum Gasteiger partial charge on any atom is 0.407 e. The van der Waals surface area contributed by atoms with Crippen LogP contribution >= 0.6 is 0 Å². The highest BCUT2D eigenvalue weighted by molar-refractivity contribution is 5.80. The van der Waals surface area contributed by atoms with E-state index in [1.165, 1.54) is 27.1 Å². The molecule has 1 aliphatic rings. The van der Waals surface area contributed by atoms with Crippen LogP contribution in [-0.4, -0.2) is 49.0 Å². The molecule has 44 heavy (non-hydrogen) atoms. The van der Waals surface area contributed by atoms with Gasteiger partial charge >= 0.3 is 6.09 Å². The molecule has 2 heterocycles. The highest BCUT2D eigenvalue weighted by Crippen LogP contribution is 2.44. The summed E-state index contributed by atoms with van der Waals surface area (Å²) < 4.78 is 7.79. The maximum atomic E-state index is 12.6. The van der Waals surface area contributed by atoms with E-state index in [-0.39, 0.29) is 5.92 Å². The van der Waals surface area contributed by atoms with E-state index in [0.29, 0.717) is 31.9 Å². The lowest BCUT2D eigenvalue weighted by molar-refractivity contribution is 0.143. The average molecular weight is 582 g/mol. The number of carbonyl (C=O) groups excluding carboxylic acids is 1. The number of aromatic nitrogens is 6. The summed E-state index contributed by atoms with van der Waals surface area (Å²) in [5.41, 5.74) is 10.1. The van der Waals surface area contributed by atoms with Gasteiger partial charge in [0.15, 0.2) is 0 Å². The number of carbonyl (C=O) groups is 1. The van der Waals surface area contributed by atoms with Crippen molar-refractivity contribution in [3.05, 3.63) is 132 Å². The van der Waals surface area contributed by atoms with Gasteiger partial charge in [0.25, 0.3) is 0 Å². The average Bonchev–Trinajstić information content (AvgIpc) is 3.78. The van der Waals surface area contributed by atoms with Crippen molar-refractivity contribution in [2.45, 2.75) is 18.9 Å². The Balaban J connectivity index is 0.943. The lowest BCUT2D eigenvalue weighted by atomic mass is 9.98. The smallest absolute Gasteiger partial charge is 0.407 e. The van der Waals surface area contributed by atoms with Gasteiger partial charge in [-0.05, 0) is 44.2 Å². The van der Waals surface area contributed by atoms with Crippen LogP contribution in [0.4, 0.5) is 4.79 Å². The first-order chi connectivity index (χ1) is 21.6. The summed E-state index contributed by atoms with van der Waals surface area (Å²) in [4.78, 5) is 18.4. The molecule has 218 valence electrons. The Morgan fingerprint density at radius 1 is 0.841 bits per heavy atom. The lowest BCUT2D eigenvalue weighted by Crippen LogP contribution is -2.28. The number of amides is 1. The van der Waals surface area contributed by atoms with Crippen LogP contribution in [0, 0.1) is 0 Å². The van der Waals surface area contributed by atoms with E-state index in [9.17, 15) is 4.79 Å². The molecule has 6 aromatic rings. The summed E-state index contributed by atoms with van der Waals surface area (Å²) in [6, 6.07) is 33.2. The number of nitrogens with zero attached hydrogens (tertiary/aromatic N) is 6. The Hall–Kier alpha value is -5.57. The summed E-state index contributed by atoms with van der Waals surface area (Å²) in [6.07, 6.45) is 3.90. The van der Waals surface area contributed by atoms with Gasteiger partial charge in [-0.2, -0.15) is 4.80 Å². The minimum absolute atomic E-state index is 0.0399. The van der Waals surface area contributed by atoms with Crippen LogP contribution < -0.4 is 5.32 Å². The van der Waals surface area contributed by atoms with Crippen molar-refractivity contribution >= 4 is 6.09 Å². The minimum atomic E-state index is -0.412. The minimum Gasteiger partial charge on any atom is -0.449 e. The molecule has 1 N–H and O–H groups in total. The quantitative estimate of drug-likeness (QED) is 0.229. The molecule has 0 bridgehead atoms. The third-order valence-corrected chi connectivity index (χ3v) is 8.09. The van der Waals surface area contributed by atoms with E-state index in [4.69, 9.17) is 4.74 Å². The van der Waals surface area contributed by atoms with Crippen molar-refractivity contribution < 1.29 is 9.53 Å². The first-order valence-corrected chi connectivity index (χ1v) is 14.6. The molecule has 0 unspecified atom stereocenters. The number of aryl methyl sites for hydroxylation is 1. The van der Waals surface area contributed by atoms with Crippen molar-refractivity contribution in [3.8, 4) is 33.6 Å². The van der Waals surface area contributed by atoms with Gasteiger partial charge in [-0.25, -0.2) is 9.78 Å². The van der Waals surface area contributed by atoms with Gasteiger partial charge in [-0.1, -0.05) is 97.1 Å². The molecular weight excluding hydrogens is 550 g/mol. The second-order valence-corrected chi connectivity index (χ2v) is 10.9. The van der Waals surface area contributed by atoms with E-state index < -0.39 is 6.09 Å². The summed E-state index contributed by atoms with van der Waals surface area (Å²) in [7, 11) is 1.76. The van der Waals surface area contributed by atoms with Crippen LogP contribution in [0.15, 0.2) is 110 Å². The number of nitrogens with one attached hydrogen (secondary N) is 1. The Morgan fingerprint density at radius 3 is 2.18 bits per heavy atom. The van der Waals surface area contributed by atoms with Gasteiger partial charge in [0.1, 0.15) is 6.61 Å². The number of alkyl carbamates (subject to hydrolysis) is 1. The molecule has 0 aliphatic heterocycles. The number of benzene rings is 4. The fourth-order valence-electron chi connectivity index (χ4n) is 5.95. The van der Waals surface area contributed by atoms with Crippen LogP contribution in [0.3, 0.4) is 0 Å². The largest absolute Gasteiger partial charge is 0.449 e. The first kappa shape index (κ1) is 27.3. The highest BCUT2D eigenvalue weighted by Gasteiger charge is 2.29.